The fourth-order valence-corrected chi connectivity index (χ4v) is 3.08. The number of hydrogen-bond donors (Lipinski definition) is 1. The van der Waals surface area contributed by atoms with Gasteiger partial charge < -0.3 is 0 Å². The summed E-state index contributed by atoms with van der Waals surface area (Å²) in [4.78, 5) is 8.13. The van der Waals surface area contributed by atoms with Gasteiger partial charge in [0.15, 0.2) is 0 Å². The smallest absolute Gasteiger partial charge is 0.219 e. The minimum Gasteiger partial charge on any atom is -0.219 e. The lowest BCUT2D eigenvalue weighted by molar-refractivity contribution is 0.575. The number of unbranched alkanes of at least 4 members (excludes halogenated alkanes) is 1. The van der Waals surface area contributed by atoms with Gasteiger partial charge in [-0.2, -0.15) is 10.1 Å². The Hall–Kier alpha value is -1.54. The summed E-state index contributed by atoms with van der Waals surface area (Å²) in [6.45, 7) is 2.42. The molecule has 0 unspecified atom stereocenters. The van der Waals surface area contributed by atoms with Crippen molar-refractivity contribution in [3.8, 4) is 0 Å². The third-order valence-corrected chi connectivity index (χ3v) is 4.39. The maximum atomic E-state index is 11.6. The van der Waals surface area contributed by atoms with Crippen LogP contribution in [0.15, 0.2) is 18.7 Å². The molecule has 0 spiro atoms. The topological polar surface area (TPSA) is 89.2 Å². The molecule has 0 saturated heterocycles. The van der Waals surface area contributed by atoms with Crippen molar-refractivity contribution >= 4 is 15.8 Å². The summed E-state index contributed by atoms with van der Waals surface area (Å²) in [6.07, 6.45) is 8.11. The van der Waals surface area contributed by atoms with Gasteiger partial charge in [-0.25, -0.2) is 22.6 Å². The van der Waals surface area contributed by atoms with Crippen LogP contribution < -0.4 is 4.72 Å². The Bertz CT molecular complexity index is 653. The summed E-state index contributed by atoms with van der Waals surface area (Å²) < 4.78 is 27.4. The van der Waals surface area contributed by atoms with Crippen molar-refractivity contribution in [1.29, 1.82) is 0 Å². The molecule has 0 radical (unpaired) electrons. The molecule has 2 aromatic heterocycles. The van der Waals surface area contributed by atoms with Crippen molar-refractivity contribution in [1.82, 2.24) is 24.3 Å². The minimum absolute atomic E-state index is 0.204. The third kappa shape index (κ3) is 4.24. The first-order chi connectivity index (χ1) is 9.61. The van der Waals surface area contributed by atoms with E-state index in [1.165, 1.54) is 6.33 Å². The molecule has 0 atom stereocenters. The van der Waals surface area contributed by atoms with Crippen molar-refractivity contribution in [3.63, 3.8) is 0 Å². The molecule has 20 heavy (non-hydrogen) atoms. The van der Waals surface area contributed by atoms with E-state index in [1.54, 1.807) is 10.7 Å². The van der Waals surface area contributed by atoms with Crippen molar-refractivity contribution in [2.24, 2.45) is 0 Å². The second kappa shape index (κ2) is 6.76. The number of nitrogens with one attached hydrogen (secondary N) is 1. The van der Waals surface area contributed by atoms with Gasteiger partial charge in [-0.1, -0.05) is 13.3 Å². The normalized spacial score (nSPS) is 12.1. The van der Waals surface area contributed by atoms with Crippen LogP contribution in [0.3, 0.4) is 0 Å². The van der Waals surface area contributed by atoms with Gasteiger partial charge in [0.05, 0.1) is 5.75 Å². The summed E-state index contributed by atoms with van der Waals surface area (Å²) in [6, 6.07) is 0. The van der Waals surface area contributed by atoms with Crippen molar-refractivity contribution in [2.45, 2.75) is 32.6 Å². The van der Waals surface area contributed by atoms with Gasteiger partial charge in [-0.3, -0.25) is 0 Å². The number of fused-ring (bicyclic) bond motifs is 1. The third-order valence-electron chi connectivity index (χ3n) is 2.92. The molecule has 2 aromatic rings. The lowest BCUT2D eigenvalue weighted by Crippen LogP contribution is -2.27. The Balaban J connectivity index is 1.78. The zero-order valence-electron chi connectivity index (χ0n) is 11.5. The van der Waals surface area contributed by atoms with Crippen molar-refractivity contribution in [2.75, 3.05) is 12.3 Å². The van der Waals surface area contributed by atoms with E-state index in [2.05, 4.69) is 19.8 Å². The predicted molar refractivity (Wildman–Crippen MR) is 75.8 cm³/mol. The van der Waals surface area contributed by atoms with E-state index < -0.39 is 10.0 Å². The lowest BCUT2D eigenvalue weighted by Gasteiger charge is -2.06. The lowest BCUT2D eigenvalue weighted by atomic mass is 10.2. The maximum absolute atomic E-state index is 11.6. The number of nitrogens with zero attached hydrogens (tertiary/aromatic N) is 4. The Kier molecular flexibility index (Phi) is 5.02. The van der Waals surface area contributed by atoms with Gasteiger partial charge in [0.25, 0.3) is 5.78 Å². The first kappa shape index (κ1) is 14.9. The van der Waals surface area contributed by atoms with Crippen LogP contribution in [-0.4, -0.2) is 40.3 Å². The number of hydrogen-bond acceptors (Lipinski definition) is 5. The maximum Gasteiger partial charge on any atom is 0.252 e. The molecular weight excluding hydrogens is 278 g/mol. The monoisotopic (exact) mass is 297 g/mol. The molecular formula is C12H19N5O2S. The van der Waals surface area contributed by atoms with Crippen LogP contribution in [-0.2, 0) is 16.4 Å². The van der Waals surface area contributed by atoms with Gasteiger partial charge in [0, 0.05) is 18.9 Å². The molecule has 0 aliphatic rings. The quantitative estimate of drug-likeness (QED) is 0.727. The molecule has 1 N–H and O–H groups in total. The standard InChI is InChI=1S/C12H19N5O2S/c1-2-3-7-20(18,19)16-6-4-5-11-8-13-12-14-10-15-17(12)9-11/h8-10,16H,2-7H2,1H3. The Morgan fingerprint density at radius 2 is 2.15 bits per heavy atom. The van der Waals surface area contributed by atoms with E-state index in [4.69, 9.17) is 0 Å². The average Bonchev–Trinajstić information content (AvgIpc) is 2.89. The molecule has 0 amide bonds. The molecule has 0 fully saturated rings. The van der Waals surface area contributed by atoms with Gasteiger partial charge in [-0.15, -0.1) is 0 Å². The Morgan fingerprint density at radius 1 is 1.30 bits per heavy atom. The molecule has 0 saturated carbocycles. The zero-order chi connectivity index (χ0) is 14.4. The Morgan fingerprint density at radius 3 is 2.95 bits per heavy atom. The first-order valence-corrected chi connectivity index (χ1v) is 8.37. The van der Waals surface area contributed by atoms with Gasteiger partial charge in [-0.05, 0) is 24.8 Å². The van der Waals surface area contributed by atoms with E-state index in [1.807, 2.05) is 13.1 Å². The Labute approximate surface area is 118 Å². The fourth-order valence-electron chi connectivity index (χ4n) is 1.81. The highest BCUT2D eigenvalue weighted by atomic mass is 32.2. The van der Waals surface area contributed by atoms with Crippen LogP contribution in [0, 0.1) is 0 Å². The molecule has 0 aliphatic heterocycles. The van der Waals surface area contributed by atoms with E-state index in [9.17, 15) is 8.42 Å². The molecule has 2 rings (SSSR count). The molecule has 8 heteroatoms. The van der Waals surface area contributed by atoms with Gasteiger partial charge in [0.2, 0.25) is 10.0 Å². The molecule has 0 aliphatic carbocycles. The van der Waals surface area contributed by atoms with Crippen LogP contribution in [0.2, 0.25) is 0 Å². The molecule has 7 nitrogen and oxygen atoms in total. The highest BCUT2D eigenvalue weighted by Crippen LogP contribution is 2.02. The molecule has 0 aromatic carbocycles. The minimum atomic E-state index is -3.12. The van der Waals surface area contributed by atoms with E-state index in [0.717, 1.165) is 24.8 Å². The van der Waals surface area contributed by atoms with Crippen LogP contribution in [0.5, 0.6) is 0 Å². The van der Waals surface area contributed by atoms with E-state index in [0.29, 0.717) is 18.7 Å². The van der Waals surface area contributed by atoms with E-state index >= 15 is 0 Å². The molecule has 0 bridgehead atoms. The largest absolute Gasteiger partial charge is 0.252 e. The predicted octanol–water partition coefficient (Wildman–Crippen LogP) is 0.776. The van der Waals surface area contributed by atoms with Crippen LogP contribution >= 0.6 is 0 Å². The molecule has 2 heterocycles. The molecule has 110 valence electrons. The van der Waals surface area contributed by atoms with Crippen molar-refractivity contribution in [3.05, 3.63) is 24.3 Å². The summed E-state index contributed by atoms with van der Waals surface area (Å²) in [7, 11) is -3.12. The number of rotatable bonds is 8. The fraction of sp³-hybridized carbons (Fsp3) is 0.583. The highest BCUT2D eigenvalue weighted by Gasteiger charge is 2.08. The summed E-state index contributed by atoms with van der Waals surface area (Å²) >= 11 is 0. The van der Waals surface area contributed by atoms with Gasteiger partial charge >= 0.3 is 0 Å². The van der Waals surface area contributed by atoms with E-state index in [-0.39, 0.29) is 5.75 Å². The van der Waals surface area contributed by atoms with Crippen LogP contribution in [0.4, 0.5) is 0 Å². The van der Waals surface area contributed by atoms with Crippen LogP contribution in [0.25, 0.3) is 5.78 Å². The second-order valence-electron chi connectivity index (χ2n) is 4.64. The van der Waals surface area contributed by atoms with Gasteiger partial charge in [0.1, 0.15) is 6.33 Å². The first-order valence-electron chi connectivity index (χ1n) is 6.72. The average molecular weight is 297 g/mol. The summed E-state index contributed by atoms with van der Waals surface area (Å²) in [5.74, 6) is 0.768. The summed E-state index contributed by atoms with van der Waals surface area (Å²) in [5, 5.41) is 4.01. The number of aromatic nitrogens is 4. The second-order valence-corrected chi connectivity index (χ2v) is 6.56. The highest BCUT2D eigenvalue weighted by molar-refractivity contribution is 7.89. The SMILES string of the molecule is CCCCS(=O)(=O)NCCCc1cnc2ncnn2c1. The zero-order valence-corrected chi connectivity index (χ0v) is 12.3. The van der Waals surface area contributed by atoms with Crippen molar-refractivity contribution < 1.29 is 8.42 Å². The number of sulfonamides is 1. The number of aryl methyl sites for hydroxylation is 1. The summed E-state index contributed by atoms with van der Waals surface area (Å²) in [5.41, 5.74) is 1.01. The van der Waals surface area contributed by atoms with Crippen LogP contribution in [0.1, 0.15) is 31.7 Å².